The number of nitriles is 1. The predicted octanol–water partition coefficient (Wildman–Crippen LogP) is 4.80. The van der Waals surface area contributed by atoms with Gasteiger partial charge in [-0.1, -0.05) is 30.3 Å². The van der Waals surface area contributed by atoms with Gasteiger partial charge in [-0.2, -0.15) is 5.26 Å². The number of imidazole rings is 1. The molecule has 1 atom stereocenters. The van der Waals surface area contributed by atoms with E-state index < -0.39 is 11.4 Å². The lowest BCUT2D eigenvalue weighted by Gasteiger charge is -2.38. The molecule has 1 aliphatic heterocycles. The van der Waals surface area contributed by atoms with Crippen molar-refractivity contribution < 1.29 is 13.9 Å². The first-order chi connectivity index (χ1) is 15.8. The average Bonchev–Trinajstić information content (AvgIpc) is 3.26. The van der Waals surface area contributed by atoms with Gasteiger partial charge in [-0.05, 0) is 57.2 Å². The van der Waals surface area contributed by atoms with Gasteiger partial charge in [0, 0.05) is 12.1 Å². The Balaban J connectivity index is 1.41. The zero-order valence-corrected chi connectivity index (χ0v) is 18.5. The highest BCUT2D eigenvalue weighted by Crippen LogP contribution is 2.45. The summed E-state index contributed by atoms with van der Waals surface area (Å²) in [6.45, 7) is 3.87. The topological polar surface area (TPSA) is 91.1 Å². The van der Waals surface area contributed by atoms with Crippen molar-refractivity contribution >= 4 is 17.1 Å². The van der Waals surface area contributed by atoms with Crippen molar-refractivity contribution in [3.05, 3.63) is 69.9 Å². The molecule has 0 bridgehead atoms. The molecule has 1 amide bonds. The van der Waals surface area contributed by atoms with Gasteiger partial charge in [0.1, 0.15) is 17.2 Å². The van der Waals surface area contributed by atoms with Gasteiger partial charge in [0.2, 0.25) is 0 Å². The Morgan fingerprint density at radius 1 is 1.06 bits per heavy atom. The van der Waals surface area contributed by atoms with Crippen LogP contribution in [0, 0.1) is 17.1 Å². The van der Waals surface area contributed by atoms with E-state index in [-0.39, 0.29) is 41.0 Å². The minimum Gasteiger partial charge on any atom is -0.441 e. The third-order valence-corrected chi connectivity index (χ3v) is 6.99. The number of H-pyrrole nitrogens is 1. The Bertz CT molecular complexity index is 1310. The van der Waals surface area contributed by atoms with E-state index in [1.54, 1.807) is 16.7 Å². The van der Waals surface area contributed by atoms with Gasteiger partial charge < -0.3 is 9.72 Å². The average molecular weight is 448 g/mol. The first-order valence-corrected chi connectivity index (χ1v) is 11.2. The molecule has 2 aromatic carbocycles. The number of benzene rings is 2. The summed E-state index contributed by atoms with van der Waals surface area (Å²) in [6, 6.07) is 14.4. The molecule has 0 radical (unpaired) electrons. The minimum absolute atomic E-state index is 0.0106. The largest absolute Gasteiger partial charge is 0.441 e. The summed E-state index contributed by atoms with van der Waals surface area (Å²) in [5.41, 5.74) is 0.429. The van der Waals surface area contributed by atoms with Crippen LogP contribution in [-0.4, -0.2) is 32.2 Å². The smallest absolute Gasteiger partial charge is 0.411 e. The number of halogens is 1. The molecule has 33 heavy (non-hydrogen) atoms. The molecule has 170 valence electrons. The number of nitrogens with zero attached hydrogens (tertiary/aromatic N) is 3. The Morgan fingerprint density at radius 3 is 2.39 bits per heavy atom. The molecule has 1 saturated carbocycles. The van der Waals surface area contributed by atoms with Gasteiger partial charge >= 0.3 is 11.8 Å². The molecule has 1 aromatic heterocycles. The van der Waals surface area contributed by atoms with E-state index in [9.17, 15) is 14.0 Å². The summed E-state index contributed by atoms with van der Waals surface area (Å²) in [4.78, 5) is 30.0. The Kier molecular flexibility index (Phi) is 5.00. The van der Waals surface area contributed by atoms with Crippen LogP contribution in [0.2, 0.25) is 0 Å². The van der Waals surface area contributed by atoms with Gasteiger partial charge in [0.15, 0.2) is 5.82 Å². The molecule has 3 aromatic rings. The lowest BCUT2D eigenvalue weighted by Crippen LogP contribution is -2.43. The van der Waals surface area contributed by atoms with Crippen LogP contribution in [0.25, 0.3) is 11.0 Å². The Hall–Kier alpha value is -3.60. The van der Waals surface area contributed by atoms with Crippen LogP contribution in [0.5, 0.6) is 0 Å². The van der Waals surface area contributed by atoms with Crippen LogP contribution in [0.1, 0.15) is 62.7 Å². The summed E-state index contributed by atoms with van der Waals surface area (Å²) < 4.78 is 21.9. The summed E-state index contributed by atoms with van der Waals surface area (Å²) in [5.74, 6) is -0.702. The number of carbonyl (C=O) groups is 1. The number of aromatic amines is 1. The van der Waals surface area contributed by atoms with Crippen molar-refractivity contribution in [2.75, 3.05) is 0 Å². The number of ether oxygens (including phenoxy) is 1. The van der Waals surface area contributed by atoms with Crippen LogP contribution in [-0.2, 0) is 4.74 Å². The quantitative estimate of drug-likeness (QED) is 0.623. The van der Waals surface area contributed by atoms with Crippen LogP contribution in [0.3, 0.4) is 0 Å². The second-order valence-electron chi connectivity index (χ2n) is 9.39. The molecular weight excluding hydrogens is 423 g/mol. The van der Waals surface area contributed by atoms with E-state index in [0.717, 1.165) is 5.56 Å². The third-order valence-electron chi connectivity index (χ3n) is 6.99. The maximum absolute atomic E-state index is 14.6. The maximum Gasteiger partial charge on any atom is 0.411 e. The van der Waals surface area contributed by atoms with Crippen LogP contribution in [0.4, 0.5) is 9.18 Å². The van der Waals surface area contributed by atoms with Crippen LogP contribution in [0.15, 0.2) is 47.3 Å². The van der Waals surface area contributed by atoms with Crippen molar-refractivity contribution in [2.24, 2.45) is 0 Å². The molecule has 0 spiro atoms. The molecule has 8 heteroatoms. The maximum atomic E-state index is 14.6. The second kappa shape index (κ2) is 7.77. The zero-order chi connectivity index (χ0) is 23.3. The molecule has 1 saturated heterocycles. The Labute approximate surface area is 190 Å². The van der Waals surface area contributed by atoms with E-state index in [2.05, 4.69) is 4.98 Å². The highest BCUT2D eigenvalue weighted by Gasteiger charge is 2.51. The number of aromatic nitrogens is 2. The Morgan fingerprint density at radius 2 is 1.73 bits per heavy atom. The third kappa shape index (κ3) is 3.39. The number of hydrogen-bond acceptors (Lipinski definition) is 4. The lowest BCUT2D eigenvalue weighted by atomic mass is 9.86. The summed E-state index contributed by atoms with van der Waals surface area (Å²) in [6.07, 6.45) is 2.44. The molecule has 1 aliphatic carbocycles. The van der Waals surface area contributed by atoms with E-state index >= 15 is 0 Å². The molecule has 1 N–H and O–H groups in total. The van der Waals surface area contributed by atoms with E-state index in [0.29, 0.717) is 31.2 Å². The van der Waals surface area contributed by atoms with Gasteiger partial charge in [-0.15, -0.1) is 0 Å². The molecule has 2 fully saturated rings. The van der Waals surface area contributed by atoms with Crippen LogP contribution >= 0.6 is 0 Å². The lowest BCUT2D eigenvalue weighted by molar-refractivity contribution is 0.0662. The number of nitrogens with one attached hydrogen (secondary N) is 1. The van der Waals surface area contributed by atoms with Crippen molar-refractivity contribution in [1.29, 1.82) is 5.26 Å². The summed E-state index contributed by atoms with van der Waals surface area (Å²) in [7, 11) is 0. The van der Waals surface area contributed by atoms with Crippen LogP contribution < -0.4 is 5.69 Å². The predicted molar refractivity (Wildman–Crippen MR) is 120 cm³/mol. The zero-order valence-electron chi connectivity index (χ0n) is 18.5. The van der Waals surface area contributed by atoms with Crippen molar-refractivity contribution in [3.63, 3.8) is 0 Å². The van der Waals surface area contributed by atoms with Gasteiger partial charge in [-0.3, -0.25) is 9.47 Å². The van der Waals surface area contributed by atoms with Crippen molar-refractivity contribution in [3.8, 4) is 6.07 Å². The number of hydrogen-bond donors (Lipinski definition) is 1. The molecule has 0 unspecified atom stereocenters. The van der Waals surface area contributed by atoms with Gasteiger partial charge in [-0.25, -0.2) is 14.0 Å². The van der Waals surface area contributed by atoms with Gasteiger partial charge in [0.05, 0.1) is 17.1 Å². The molecule has 2 aliphatic rings. The molecule has 7 nitrogen and oxygen atoms in total. The number of rotatable bonds is 3. The minimum atomic E-state index is -0.702. The first kappa shape index (κ1) is 21.3. The number of carbonyl (C=O) groups excluding carboxylic acids is 1. The standard InChI is InChI=1S/C25H25FN4O3/c1-25(2)22(15-6-4-3-5-7-15)30(24(32)33-25)18-11-9-17(10-12-18)29-19-13-8-16(14-27)20(26)21(19)28-23(29)31/h3-8,13,17-18,22H,9-12H2,1-2H3,(H,28,31)/t17-,18-,22-/m0/s1. The van der Waals surface area contributed by atoms with E-state index in [4.69, 9.17) is 10.00 Å². The van der Waals surface area contributed by atoms with E-state index in [1.165, 1.54) is 6.07 Å². The monoisotopic (exact) mass is 448 g/mol. The summed E-state index contributed by atoms with van der Waals surface area (Å²) in [5, 5.41) is 9.07. The molecular formula is C25H25FN4O3. The van der Waals surface area contributed by atoms with Crippen molar-refractivity contribution in [2.45, 2.75) is 63.3 Å². The number of fused-ring (bicyclic) bond motifs is 1. The highest BCUT2D eigenvalue weighted by atomic mass is 19.1. The second-order valence-corrected chi connectivity index (χ2v) is 9.39. The fourth-order valence-electron chi connectivity index (χ4n) is 5.54. The summed E-state index contributed by atoms with van der Waals surface area (Å²) >= 11 is 0. The number of amides is 1. The van der Waals surface area contributed by atoms with Gasteiger partial charge in [0.25, 0.3) is 0 Å². The van der Waals surface area contributed by atoms with Crippen molar-refractivity contribution in [1.82, 2.24) is 14.5 Å². The fraction of sp³-hybridized carbons (Fsp3) is 0.400. The fourth-order valence-corrected chi connectivity index (χ4v) is 5.54. The number of cyclic esters (lactones) is 1. The normalized spacial score (nSPS) is 24.6. The molecule has 5 rings (SSSR count). The SMILES string of the molecule is CC1(C)OC(=O)N([C@H]2CC[C@H](n3c(=O)[nH]c4c(F)c(C#N)ccc43)CC2)[C@H]1c1ccccc1. The highest BCUT2D eigenvalue weighted by molar-refractivity contribution is 5.78. The van der Waals surface area contributed by atoms with E-state index in [1.807, 2.05) is 49.1 Å². The molecule has 2 heterocycles. The first-order valence-electron chi connectivity index (χ1n) is 11.2.